The molecule has 0 spiro atoms. The van der Waals surface area contributed by atoms with E-state index in [0.717, 1.165) is 5.52 Å². The van der Waals surface area contributed by atoms with Crippen LogP contribution in [0.5, 0.6) is 5.75 Å². The van der Waals surface area contributed by atoms with Crippen LogP contribution >= 0.6 is 11.6 Å². The third-order valence-corrected chi connectivity index (χ3v) is 3.63. The number of aromatic amines is 1. The molecule has 108 valence electrons. The first-order chi connectivity index (χ1) is 10.1. The molecule has 0 saturated carbocycles. The van der Waals surface area contributed by atoms with Crippen molar-refractivity contribution in [3.8, 4) is 5.75 Å². The van der Waals surface area contributed by atoms with Crippen LogP contribution in [0.15, 0.2) is 35.1 Å². The Morgan fingerprint density at radius 3 is 2.86 bits per heavy atom. The molecular formula is C15H14ClN3O2. The Morgan fingerprint density at radius 2 is 2.14 bits per heavy atom. The summed E-state index contributed by atoms with van der Waals surface area (Å²) in [6, 6.07) is 9.07. The zero-order chi connectivity index (χ0) is 15.0. The summed E-state index contributed by atoms with van der Waals surface area (Å²) < 4.78 is 7.21. The first kappa shape index (κ1) is 13.7. The monoisotopic (exact) mass is 303 g/mol. The van der Waals surface area contributed by atoms with E-state index in [0.29, 0.717) is 27.7 Å². The number of nitrogens with one attached hydrogen (secondary N) is 1. The Balaban J connectivity index is 1.95. The van der Waals surface area contributed by atoms with Gasteiger partial charge in [-0.1, -0.05) is 23.7 Å². The highest BCUT2D eigenvalue weighted by molar-refractivity contribution is 6.29. The van der Waals surface area contributed by atoms with E-state index in [4.69, 9.17) is 16.3 Å². The van der Waals surface area contributed by atoms with Gasteiger partial charge in [-0.05, 0) is 19.1 Å². The molecule has 0 aliphatic carbocycles. The Kier molecular flexibility index (Phi) is 3.43. The van der Waals surface area contributed by atoms with Gasteiger partial charge in [0.05, 0.1) is 5.69 Å². The summed E-state index contributed by atoms with van der Waals surface area (Å²) >= 11 is 5.93. The predicted octanol–water partition coefficient (Wildman–Crippen LogP) is 2.80. The van der Waals surface area contributed by atoms with Crippen molar-refractivity contribution in [1.29, 1.82) is 0 Å². The molecule has 0 unspecified atom stereocenters. The molecule has 0 amide bonds. The third kappa shape index (κ3) is 2.52. The normalized spacial score (nSPS) is 11.0. The largest absolute Gasteiger partial charge is 0.481 e. The van der Waals surface area contributed by atoms with Crippen molar-refractivity contribution >= 4 is 22.5 Å². The fourth-order valence-corrected chi connectivity index (χ4v) is 2.40. The number of hydrogen-bond acceptors (Lipinski definition) is 3. The van der Waals surface area contributed by atoms with Gasteiger partial charge in [-0.25, -0.2) is 0 Å². The highest BCUT2D eigenvalue weighted by Crippen LogP contribution is 2.18. The molecule has 5 nitrogen and oxygen atoms in total. The summed E-state index contributed by atoms with van der Waals surface area (Å²) in [5.41, 5.74) is 2.05. The molecule has 21 heavy (non-hydrogen) atoms. The zero-order valence-electron chi connectivity index (χ0n) is 11.7. The van der Waals surface area contributed by atoms with Crippen molar-refractivity contribution in [3.05, 3.63) is 57.1 Å². The minimum absolute atomic E-state index is 0.121. The lowest BCUT2D eigenvalue weighted by Gasteiger charge is -2.08. The van der Waals surface area contributed by atoms with E-state index < -0.39 is 0 Å². The van der Waals surface area contributed by atoms with Crippen LogP contribution in [0.3, 0.4) is 0 Å². The molecule has 3 rings (SSSR count). The molecule has 3 aromatic rings. The molecule has 6 heteroatoms. The number of H-pyrrole nitrogens is 1. The van der Waals surface area contributed by atoms with Crippen LogP contribution in [-0.4, -0.2) is 14.8 Å². The lowest BCUT2D eigenvalue weighted by molar-refractivity contribution is 0.294. The molecule has 0 aliphatic rings. The van der Waals surface area contributed by atoms with E-state index in [9.17, 15) is 4.79 Å². The smallest absolute Gasteiger partial charge is 0.231 e. The summed E-state index contributed by atoms with van der Waals surface area (Å²) in [5, 5.41) is 5.33. The number of pyridine rings is 1. The predicted molar refractivity (Wildman–Crippen MR) is 81.9 cm³/mol. The number of aryl methyl sites for hydroxylation is 2. The molecule has 0 radical (unpaired) electrons. The number of benzene rings is 1. The maximum atomic E-state index is 12.4. The molecule has 0 atom stereocenters. The van der Waals surface area contributed by atoms with Gasteiger partial charge in [0.1, 0.15) is 17.5 Å². The molecule has 0 aliphatic heterocycles. The summed E-state index contributed by atoms with van der Waals surface area (Å²) in [6.45, 7) is 2.01. The number of fused-ring (bicyclic) bond motifs is 1. The second kappa shape index (κ2) is 5.26. The van der Waals surface area contributed by atoms with E-state index in [-0.39, 0.29) is 12.0 Å². The fourth-order valence-electron chi connectivity index (χ4n) is 2.23. The second-order valence-corrected chi connectivity index (χ2v) is 5.21. The minimum Gasteiger partial charge on any atom is -0.481 e. The first-order valence-corrected chi connectivity index (χ1v) is 6.87. The Bertz CT molecular complexity index is 847. The average molecular weight is 304 g/mol. The van der Waals surface area contributed by atoms with Crippen molar-refractivity contribution in [3.63, 3.8) is 0 Å². The van der Waals surface area contributed by atoms with E-state index >= 15 is 0 Å². The number of rotatable bonds is 3. The van der Waals surface area contributed by atoms with E-state index in [1.807, 2.05) is 25.1 Å². The van der Waals surface area contributed by atoms with Crippen LogP contribution in [0.4, 0.5) is 0 Å². The number of ether oxygens (including phenoxy) is 1. The van der Waals surface area contributed by atoms with Gasteiger partial charge in [0.2, 0.25) is 5.43 Å². The number of nitrogens with zero attached hydrogens (tertiary/aromatic N) is 2. The van der Waals surface area contributed by atoms with Crippen LogP contribution in [0, 0.1) is 6.92 Å². The lowest BCUT2D eigenvalue weighted by atomic mass is 10.2. The van der Waals surface area contributed by atoms with Crippen molar-refractivity contribution in [1.82, 2.24) is 14.8 Å². The molecule has 2 heterocycles. The third-order valence-electron chi connectivity index (χ3n) is 3.28. The lowest BCUT2D eigenvalue weighted by Crippen LogP contribution is -2.12. The van der Waals surface area contributed by atoms with Gasteiger partial charge in [0.15, 0.2) is 5.75 Å². The standard InChI is InChI=1S/C15H14ClN3O2/c1-9-15(21-8-10-7-13(16)19(2)18-10)14(20)11-5-3-4-6-12(11)17-9/h3-7H,8H2,1-2H3,(H,17,20). The number of aromatic nitrogens is 3. The topological polar surface area (TPSA) is 59.9 Å². The number of para-hydroxylation sites is 1. The van der Waals surface area contributed by atoms with Gasteiger partial charge >= 0.3 is 0 Å². The van der Waals surface area contributed by atoms with Gasteiger partial charge in [0.25, 0.3) is 0 Å². The SMILES string of the molecule is Cc1[nH]c2ccccc2c(=O)c1OCc1cc(Cl)n(C)n1. The number of halogens is 1. The molecule has 0 bridgehead atoms. The fraction of sp³-hybridized carbons (Fsp3) is 0.200. The van der Waals surface area contributed by atoms with Gasteiger partial charge in [0, 0.05) is 24.0 Å². The Hall–Kier alpha value is -2.27. The summed E-state index contributed by atoms with van der Waals surface area (Å²) in [7, 11) is 1.75. The van der Waals surface area contributed by atoms with Crippen LogP contribution in [0.2, 0.25) is 5.15 Å². The van der Waals surface area contributed by atoms with Gasteiger partial charge in [-0.15, -0.1) is 0 Å². The van der Waals surface area contributed by atoms with Gasteiger partial charge in [-0.2, -0.15) is 5.10 Å². The maximum Gasteiger partial charge on any atom is 0.231 e. The molecular weight excluding hydrogens is 290 g/mol. The average Bonchev–Trinajstić information content (AvgIpc) is 2.77. The molecule has 2 aromatic heterocycles. The van der Waals surface area contributed by atoms with Crippen molar-refractivity contribution < 1.29 is 4.74 Å². The van der Waals surface area contributed by atoms with Crippen molar-refractivity contribution in [2.75, 3.05) is 0 Å². The quantitative estimate of drug-likeness (QED) is 0.809. The van der Waals surface area contributed by atoms with Crippen LogP contribution in [0.1, 0.15) is 11.4 Å². The molecule has 0 saturated heterocycles. The van der Waals surface area contributed by atoms with Crippen LogP contribution < -0.4 is 10.2 Å². The summed E-state index contributed by atoms with van der Waals surface area (Å²) in [5.74, 6) is 0.315. The Morgan fingerprint density at radius 1 is 1.38 bits per heavy atom. The van der Waals surface area contributed by atoms with Crippen LogP contribution in [0.25, 0.3) is 10.9 Å². The van der Waals surface area contributed by atoms with Gasteiger partial charge in [-0.3, -0.25) is 9.48 Å². The van der Waals surface area contributed by atoms with Gasteiger partial charge < -0.3 is 9.72 Å². The summed E-state index contributed by atoms with van der Waals surface area (Å²) in [6.07, 6.45) is 0. The van der Waals surface area contributed by atoms with Crippen molar-refractivity contribution in [2.24, 2.45) is 7.05 Å². The van der Waals surface area contributed by atoms with E-state index in [2.05, 4.69) is 10.1 Å². The highest BCUT2D eigenvalue weighted by atomic mass is 35.5. The van der Waals surface area contributed by atoms with Crippen LogP contribution in [-0.2, 0) is 13.7 Å². The number of hydrogen-bond donors (Lipinski definition) is 1. The maximum absolute atomic E-state index is 12.4. The van der Waals surface area contributed by atoms with Crippen molar-refractivity contribution in [2.45, 2.75) is 13.5 Å². The zero-order valence-corrected chi connectivity index (χ0v) is 12.4. The minimum atomic E-state index is -0.121. The van der Waals surface area contributed by atoms with E-state index in [1.165, 1.54) is 0 Å². The highest BCUT2D eigenvalue weighted by Gasteiger charge is 2.11. The second-order valence-electron chi connectivity index (χ2n) is 4.82. The van der Waals surface area contributed by atoms with E-state index in [1.54, 1.807) is 23.9 Å². The molecule has 0 fully saturated rings. The Labute approximate surface area is 126 Å². The summed E-state index contributed by atoms with van der Waals surface area (Å²) in [4.78, 5) is 15.6. The first-order valence-electron chi connectivity index (χ1n) is 6.49. The molecule has 1 aromatic carbocycles. The molecule has 1 N–H and O–H groups in total.